The first-order valence-corrected chi connectivity index (χ1v) is 11.1. The van der Waals surface area contributed by atoms with E-state index in [4.69, 9.17) is 17.4 Å². The van der Waals surface area contributed by atoms with Crippen molar-refractivity contribution < 1.29 is 14.0 Å². The Kier molecular flexibility index (Phi) is 7.12. The minimum atomic E-state index is -0.578. The molecule has 5 rings (SSSR count). The van der Waals surface area contributed by atoms with Crippen LogP contribution in [0.25, 0.3) is 10.9 Å². The number of Topliss-reactive ketones (excluding diaryl/α,β-unsaturated/α-hetero) is 1. The monoisotopic (exact) mass is 494 g/mol. The van der Waals surface area contributed by atoms with E-state index in [0.717, 1.165) is 36.4 Å². The maximum Gasteiger partial charge on any atom is 0.214 e. The fraction of sp³-hybridized carbons (Fsp3) is 0.217. The predicted octanol–water partition coefficient (Wildman–Crippen LogP) is 0.677. The van der Waals surface area contributed by atoms with Gasteiger partial charge in [0.25, 0.3) is 0 Å². The molecule has 0 radical (unpaired) electrons. The minimum Gasteiger partial charge on any atom is -0.403 e. The third kappa shape index (κ3) is 4.56. The zero-order chi connectivity index (χ0) is 25.8. The molecule has 1 amide bonds. The highest BCUT2D eigenvalue weighted by Gasteiger charge is 2.52. The third-order valence-corrected chi connectivity index (χ3v) is 6.09. The molecule has 4 heterocycles. The number of aromatic amines is 1. The van der Waals surface area contributed by atoms with Gasteiger partial charge >= 0.3 is 0 Å². The van der Waals surface area contributed by atoms with Crippen molar-refractivity contribution in [3.8, 4) is 0 Å². The largest absolute Gasteiger partial charge is 0.403 e. The number of nitrogens with one attached hydrogen (secondary N) is 2. The number of hydrogen-bond donors (Lipinski definition) is 5. The van der Waals surface area contributed by atoms with Crippen LogP contribution in [0.5, 0.6) is 0 Å². The lowest BCUT2D eigenvalue weighted by Gasteiger charge is -2.61. The maximum absolute atomic E-state index is 13.7. The van der Waals surface area contributed by atoms with Gasteiger partial charge in [0.15, 0.2) is 17.4 Å². The van der Waals surface area contributed by atoms with Gasteiger partial charge in [-0.25, -0.2) is 26.1 Å². The van der Waals surface area contributed by atoms with Crippen LogP contribution in [0.1, 0.15) is 17.3 Å². The number of carbonyl (C=O) groups excluding carboxylic acids is 2. The average molecular weight is 495 g/mol. The Morgan fingerprint density at radius 1 is 1.31 bits per heavy atom. The summed E-state index contributed by atoms with van der Waals surface area (Å²) in [5, 5.41) is 1.32. The molecule has 0 saturated carbocycles. The molecule has 0 spiro atoms. The highest BCUT2D eigenvalue weighted by atomic mass is 19.1. The predicted molar refractivity (Wildman–Crippen MR) is 134 cm³/mol. The molecule has 2 aliphatic heterocycles. The number of piperazine rings is 1. The van der Waals surface area contributed by atoms with Crippen LogP contribution in [-0.2, 0) is 4.79 Å². The number of amides is 1. The summed E-state index contributed by atoms with van der Waals surface area (Å²) in [4.78, 5) is 37.1. The number of para-hydroxylation sites is 1. The molecule has 2 aliphatic rings. The molecule has 0 bridgehead atoms. The van der Waals surface area contributed by atoms with Crippen LogP contribution < -0.4 is 27.9 Å². The summed E-state index contributed by atoms with van der Waals surface area (Å²) < 4.78 is 13.7. The molecular weight excluding hydrogens is 467 g/mol. The highest BCUT2D eigenvalue weighted by Crippen LogP contribution is 2.32. The number of rotatable bonds is 5. The number of anilines is 1. The molecule has 3 aromatic rings. The first kappa shape index (κ1) is 24.6. The summed E-state index contributed by atoms with van der Waals surface area (Å²) in [6.07, 6.45) is 5.95. The van der Waals surface area contributed by atoms with Gasteiger partial charge in [-0.3, -0.25) is 20.0 Å². The molecule has 2 unspecified atom stereocenters. The van der Waals surface area contributed by atoms with E-state index in [1.54, 1.807) is 4.90 Å². The number of H-pyrrole nitrogens is 1. The fourth-order valence-corrected chi connectivity index (χ4v) is 4.19. The van der Waals surface area contributed by atoms with E-state index in [2.05, 4.69) is 25.3 Å². The lowest BCUT2D eigenvalue weighted by molar-refractivity contribution is -0.142. The molecule has 188 valence electrons. The summed E-state index contributed by atoms with van der Waals surface area (Å²) in [7, 11) is 0. The number of nitrogens with two attached hydrogens (primary N) is 3. The van der Waals surface area contributed by atoms with Crippen LogP contribution in [0, 0.1) is 5.82 Å². The van der Waals surface area contributed by atoms with E-state index in [1.807, 2.05) is 30.3 Å². The average Bonchev–Trinajstić information content (AvgIpc) is 3.32. The summed E-state index contributed by atoms with van der Waals surface area (Å²) >= 11 is 0. The van der Waals surface area contributed by atoms with Gasteiger partial charge in [0.05, 0.1) is 34.9 Å². The quantitative estimate of drug-likeness (QED) is 0.0853. The first-order chi connectivity index (χ1) is 17.4. The van der Waals surface area contributed by atoms with Gasteiger partial charge in [-0.05, 0) is 19.1 Å². The van der Waals surface area contributed by atoms with Crippen LogP contribution in [0.4, 0.5) is 15.9 Å². The molecule has 1 aromatic carbocycles. The Labute approximate surface area is 206 Å². The number of likely N-dealkylation sites (tertiary alicyclic amines) is 2. The Balaban J connectivity index is 0.000000169. The smallest absolute Gasteiger partial charge is 0.214 e. The SMILES string of the molecule is CC(=O)c1c[nH]c2c(N(N)/C=C\N)ncc(F)c12.NNC(=Nc1ccccc1)N1CC2C1CN2C=O. The second kappa shape index (κ2) is 10.4. The number of halogens is 1. The van der Waals surface area contributed by atoms with E-state index in [0.29, 0.717) is 23.6 Å². The van der Waals surface area contributed by atoms with E-state index < -0.39 is 5.82 Å². The first-order valence-electron chi connectivity index (χ1n) is 11.1. The number of ketones is 1. The van der Waals surface area contributed by atoms with Crippen LogP contribution >= 0.6 is 0 Å². The summed E-state index contributed by atoms with van der Waals surface area (Å²) in [6, 6.07) is 10.3. The van der Waals surface area contributed by atoms with Crippen molar-refractivity contribution >= 4 is 40.6 Å². The van der Waals surface area contributed by atoms with Gasteiger partial charge in [0, 0.05) is 37.2 Å². The van der Waals surface area contributed by atoms with E-state index >= 15 is 0 Å². The second-order valence-electron chi connectivity index (χ2n) is 8.19. The van der Waals surface area contributed by atoms with Crippen molar-refractivity contribution in [2.45, 2.75) is 19.0 Å². The van der Waals surface area contributed by atoms with Crippen LogP contribution in [0.15, 0.2) is 60.1 Å². The van der Waals surface area contributed by atoms with Crippen molar-refractivity contribution in [1.29, 1.82) is 0 Å². The number of hydrazine groups is 2. The Hall–Kier alpha value is -4.49. The van der Waals surface area contributed by atoms with Gasteiger partial charge in [-0.15, -0.1) is 0 Å². The van der Waals surface area contributed by atoms with Crippen molar-refractivity contribution in [3.05, 3.63) is 66.5 Å². The maximum atomic E-state index is 13.7. The molecule has 8 N–H and O–H groups in total. The number of carbonyl (C=O) groups is 2. The number of aliphatic imine (C=N–C) groups is 1. The zero-order valence-corrected chi connectivity index (χ0v) is 19.5. The lowest BCUT2D eigenvalue weighted by Crippen LogP contribution is -2.80. The van der Waals surface area contributed by atoms with Gasteiger partial charge in [0.1, 0.15) is 0 Å². The van der Waals surface area contributed by atoms with Crippen LogP contribution in [0.2, 0.25) is 0 Å². The number of pyridine rings is 1. The fourth-order valence-electron chi connectivity index (χ4n) is 4.19. The van der Waals surface area contributed by atoms with E-state index in [1.165, 1.54) is 25.5 Å². The number of nitrogens with zero attached hydrogens (tertiary/aromatic N) is 5. The number of fused-ring (bicyclic) bond motifs is 2. The molecule has 36 heavy (non-hydrogen) atoms. The third-order valence-electron chi connectivity index (χ3n) is 6.09. The molecular formula is C23H27FN10O2. The van der Waals surface area contributed by atoms with E-state index in [-0.39, 0.29) is 22.6 Å². The highest BCUT2D eigenvalue weighted by molar-refractivity contribution is 6.09. The number of aromatic nitrogens is 2. The van der Waals surface area contributed by atoms with Gasteiger partial charge in [-0.2, -0.15) is 0 Å². The molecule has 13 heteroatoms. The second-order valence-corrected chi connectivity index (χ2v) is 8.19. The zero-order valence-electron chi connectivity index (χ0n) is 19.5. The van der Waals surface area contributed by atoms with E-state index in [9.17, 15) is 14.0 Å². The minimum absolute atomic E-state index is 0.174. The standard InChI is InChI=1S/C12H15N5O.C11H12FN5O/c13-15-12(14-9-4-2-1-3-5-9)17-7-10-11(17)6-16(10)8-18;1-6(18)7-4-15-10-9(7)8(12)5-16-11(10)17(14)3-2-13/h1-5,8,10-11H,6-7,13H2,(H,14,15);2-5,15H,13-14H2,1H3/b;3-2-. The topological polar surface area (TPSA) is 175 Å². The van der Waals surface area contributed by atoms with Gasteiger partial charge in [0.2, 0.25) is 12.4 Å². The molecule has 2 aromatic heterocycles. The summed E-state index contributed by atoms with van der Waals surface area (Å²) in [5.41, 5.74) is 9.33. The molecule has 2 saturated heterocycles. The summed E-state index contributed by atoms with van der Waals surface area (Å²) in [6.45, 7) is 2.91. The van der Waals surface area contributed by atoms with Crippen molar-refractivity contribution in [2.75, 3.05) is 18.1 Å². The van der Waals surface area contributed by atoms with Crippen LogP contribution in [0.3, 0.4) is 0 Å². The van der Waals surface area contributed by atoms with Crippen LogP contribution in [-0.4, -0.2) is 63.1 Å². The normalized spacial score (nSPS) is 18.6. The molecule has 12 nitrogen and oxygen atoms in total. The number of hydrogen-bond acceptors (Lipinski definition) is 8. The molecule has 2 fully saturated rings. The summed E-state index contributed by atoms with van der Waals surface area (Å²) in [5.74, 6) is 11.3. The van der Waals surface area contributed by atoms with Crippen molar-refractivity contribution in [3.63, 3.8) is 0 Å². The Bertz CT molecular complexity index is 1310. The molecule has 0 aliphatic carbocycles. The van der Waals surface area contributed by atoms with Gasteiger partial charge < -0.3 is 20.5 Å². The van der Waals surface area contributed by atoms with Crippen molar-refractivity contribution in [1.82, 2.24) is 25.2 Å². The Morgan fingerprint density at radius 3 is 2.64 bits per heavy atom. The van der Waals surface area contributed by atoms with Gasteiger partial charge in [-0.1, -0.05) is 18.2 Å². The molecule has 2 atom stereocenters. The Morgan fingerprint density at radius 2 is 2.06 bits per heavy atom. The number of benzene rings is 1. The number of guanidine groups is 1. The van der Waals surface area contributed by atoms with Crippen molar-refractivity contribution in [2.24, 2.45) is 22.4 Å². The lowest BCUT2D eigenvalue weighted by atomic mass is 9.86.